The first kappa shape index (κ1) is 14.0. The van der Waals surface area contributed by atoms with Crippen LogP contribution in [0.15, 0.2) is 0 Å². The third-order valence-electron chi connectivity index (χ3n) is 4.17. The van der Waals surface area contributed by atoms with Crippen molar-refractivity contribution in [2.45, 2.75) is 60.0 Å². The molecule has 16 heavy (non-hydrogen) atoms. The summed E-state index contributed by atoms with van der Waals surface area (Å²) in [6, 6.07) is 0.822. The summed E-state index contributed by atoms with van der Waals surface area (Å²) in [5.41, 5.74) is 6.61. The molecule has 2 heteroatoms. The molecule has 1 aliphatic heterocycles. The fourth-order valence-electron chi connectivity index (χ4n) is 3.09. The maximum atomic E-state index is 6.33. The number of likely N-dealkylation sites (tertiary alicyclic amines) is 1. The van der Waals surface area contributed by atoms with Crippen molar-refractivity contribution >= 4 is 0 Å². The van der Waals surface area contributed by atoms with Gasteiger partial charge in [-0.15, -0.1) is 0 Å². The molecule has 0 aromatic heterocycles. The van der Waals surface area contributed by atoms with Gasteiger partial charge >= 0.3 is 0 Å². The van der Waals surface area contributed by atoms with E-state index in [1.54, 1.807) is 0 Å². The molecule has 2 N–H and O–H groups in total. The average Bonchev–Trinajstić information content (AvgIpc) is 2.44. The van der Waals surface area contributed by atoms with E-state index in [2.05, 4.69) is 46.4 Å². The molecule has 0 aromatic rings. The van der Waals surface area contributed by atoms with Crippen molar-refractivity contribution < 1.29 is 0 Å². The van der Waals surface area contributed by atoms with Crippen molar-refractivity contribution in [2.24, 2.45) is 23.0 Å². The fraction of sp³-hybridized carbons (Fsp3) is 1.00. The van der Waals surface area contributed by atoms with Crippen molar-refractivity contribution in [1.29, 1.82) is 0 Å². The highest BCUT2D eigenvalue weighted by Crippen LogP contribution is 2.33. The molecular formula is C14H30N2. The lowest BCUT2D eigenvalue weighted by molar-refractivity contribution is 0.0935. The predicted molar refractivity (Wildman–Crippen MR) is 71.4 cm³/mol. The van der Waals surface area contributed by atoms with Gasteiger partial charge in [-0.2, -0.15) is 0 Å². The lowest BCUT2D eigenvalue weighted by atomic mass is 9.80. The normalized spacial score (nSPS) is 31.7. The summed E-state index contributed by atoms with van der Waals surface area (Å²) >= 11 is 0. The molecule has 1 rings (SSSR count). The van der Waals surface area contributed by atoms with Crippen molar-refractivity contribution in [3.05, 3.63) is 0 Å². The molecule has 1 fully saturated rings. The number of hydrogen-bond donors (Lipinski definition) is 1. The topological polar surface area (TPSA) is 29.3 Å². The van der Waals surface area contributed by atoms with E-state index in [4.69, 9.17) is 5.73 Å². The minimum Gasteiger partial charge on any atom is -0.326 e. The molecule has 0 saturated carbocycles. The quantitative estimate of drug-likeness (QED) is 0.802. The average molecular weight is 226 g/mol. The maximum Gasteiger partial charge on any atom is 0.0295 e. The molecule has 96 valence electrons. The second kappa shape index (κ2) is 5.05. The van der Waals surface area contributed by atoms with E-state index in [0.717, 1.165) is 18.3 Å². The summed E-state index contributed by atoms with van der Waals surface area (Å²) in [5.74, 6) is 1.63. The molecule has 0 amide bonds. The second-order valence-electron chi connectivity index (χ2n) is 6.79. The van der Waals surface area contributed by atoms with E-state index in [1.807, 2.05) is 0 Å². The molecule has 1 aliphatic rings. The zero-order valence-corrected chi connectivity index (χ0v) is 12.0. The Morgan fingerprint density at radius 1 is 1.19 bits per heavy atom. The van der Waals surface area contributed by atoms with Crippen molar-refractivity contribution in [2.75, 3.05) is 13.1 Å². The Kier molecular flexibility index (Phi) is 4.42. The molecule has 0 bridgehead atoms. The number of nitrogens with zero attached hydrogens (tertiary/aromatic N) is 1. The first-order valence-corrected chi connectivity index (χ1v) is 6.77. The molecule has 1 saturated heterocycles. The van der Waals surface area contributed by atoms with E-state index >= 15 is 0 Å². The summed E-state index contributed by atoms with van der Waals surface area (Å²) < 4.78 is 0. The zero-order valence-electron chi connectivity index (χ0n) is 12.0. The Labute approximate surface area is 102 Å². The molecule has 4 atom stereocenters. The molecule has 0 spiro atoms. The van der Waals surface area contributed by atoms with Crippen LogP contribution >= 0.6 is 0 Å². The summed E-state index contributed by atoms with van der Waals surface area (Å²) in [7, 11) is 0. The molecule has 0 aliphatic carbocycles. The van der Waals surface area contributed by atoms with Gasteiger partial charge in [-0.05, 0) is 23.7 Å². The van der Waals surface area contributed by atoms with Crippen molar-refractivity contribution in [1.82, 2.24) is 4.90 Å². The minimum atomic E-state index is 0.277. The van der Waals surface area contributed by atoms with Crippen LogP contribution in [-0.2, 0) is 0 Å². The monoisotopic (exact) mass is 226 g/mol. The standard InChI is InChI=1S/C14H30N2/c1-7-12(15)13(14(4,5)6)16-8-10(2)11(3)9-16/h10-13H,7-9,15H2,1-6H3. The largest absolute Gasteiger partial charge is 0.326 e. The minimum absolute atomic E-state index is 0.277. The Bertz CT molecular complexity index is 209. The lowest BCUT2D eigenvalue weighted by Gasteiger charge is -2.41. The molecule has 0 aromatic carbocycles. The predicted octanol–water partition coefficient (Wildman–Crippen LogP) is 2.73. The molecule has 4 unspecified atom stereocenters. The van der Waals surface area contributed by atoms with Crippen LogP contribution in [0.25, 0.3) is 0 Å². The van der Waals surface area contributed by atoms with Gasteiger partial charge in [-0.1, -0.05) is 41.5 Å². The van der Waals surface area contributed by atoms with Gasteiger partial charge in [0.05, 0.1) is 0 Å². The smallest absolute Gasteiger partial charge is 0.0295 e. The van der Waals surface area contributed by atoms with Crippen molar-refractivity contribution in [3.63, 3.8) is 0 Å². The molecule has 1 heterocycles. The van der Waals surface area contributed by atoms with Gasteiger partial charge < -0.3 is 5.73 Å². The van der Waals surface area contributed by atoms with E-state index in [0.29, 0.717) is 12.1 Å². The lowest BCUT2D eigenvalue weighted by Crippen LogP contribution is -2.53. The van der Waals surface area contributed by atoms with Gasteiger partial charge in [0.2, 0.25) is 0 Å². The highest BCUT2D eigenvalue weighted by Gasteiger charge is 2.39. The Morgan fingerprint density at radius 2 is 1.62 bits per heavy atom. The van der Waals surface area contributed by atoms with Crippen LogP contribution in [0.3, 0.4) is 0 Å². The number of nitrogens with two attached hydrogens (primary N) is 1. The Morgan fingerprint density at radius 3 is 1.94 bits per heavy atom. The first-order chi connectivity index (χ1) is 7.27. The highest BCUT2D eigenvalue weighted by molar-refractivity contribution is 4.94. The van der Waals surface area contributed by atoms with Crippen LogP contribution in [0.2, 0.25) is 0 Å². The van der Waals surface area contributed by atoms with Crippen LogP contribution in [0, 0.1) is 17.3 Å². The van der Waals surface area contributed by atoms with Gasteiger partial charge in [0.1, 0.15) is 0 Å². The number of hydrogen-bond acceptors (Lipinski definition) is 2. The maximum absolute atomic E-state index is 6.33. The van der Waals surface area contributed by atoms with Gasteiger partial charge in [0, 0.05) is 25.2 Å². The van der Waals surface area contributed by atoms with Gasteiger partial charge in [-0.3, -0.25) is 4.90 Å². The highest BCUT2D eigenvalue weighted by atomic mass is 15.2. The van der Waals surface area contributed by atoms with Crippen molar-refractivity contribution in [3.8, 4) is 0 Å². The van der Waals surface area contributed by atoms with E-state index in [9.17, 15) is 0 Å². The first-order valence-electron chi connectivity index (χ1n) is 6.77. The second-order valence-corrected chi connectivity index (χ2v) is 6.79. The molecule has 0 radical (unpaired) electrons. The third kappa shape index (κ3) is 2.98. The van der Waals surface area contributed by atoms with E-state index in [-0.39, 0.29) is 5.41 Å². The zero-order chi connectivity index (χ0) is 12.5. The Balaban J connectivity index is 2.79. The Hall–Kier alpha value is -0.0800. The van der Waals surface area contributed by atoms with E-state index in [1.165, 1.54) is 13.1 Å². The number of rotatable bonds is 3. The SMILES string of the molecule is CCC(N)C(N1CC(C)C(C)C1)C(C)(C)C. The van der Waals surface area contributed by atoms with Crippen LogP contribution < -0.4 is 5.73 Å². The van der Waals surface area contributed by atoms with Gasteiger partial charge in [-0.25, -0.2) is 0 Å². The van der Waals surface area contributed by atoms with Gasteiger partial charge in [0.15, 0.2) is 0 Å². The summed E-state index contributed by atoms with van der Waals surface area (Å²) in [5, 5.41) is 0. The third-order valence-corrected chi connectivity index (χ3v) is 4.17. The van der Waals surface area contributed by atoms with Crippen LogP contribution in [0.4, 0.5) is 0 Å². The van der Waals surface area contributed by atoms with Gasteiger partial charge in [0.25, 0.3) is 0 Å². The van der Waals surface area contributed by atoms with Crippen LogP contribution in [-0.4, -0.2) is 30.1 Å². The van der Waals surface area contributed by atoms with Crippen LogP contribution in [0.5, 0.6) is 0 Å². The molecule has 2 nitrogen and oxygen atoms in total. The van der Waals surface area contributed by atoms with E-state index < -0.39 is 0 Å². The summed E-state index contributed by atoms with van der Waals surface area (Å²) in [6.07, 6.45) is 1.07. The fourth-order valence-corrected chi connectivity index (χ4v) is 3.09. The van der Waals surface area contributed by atoms with Crippen LogP contribution in [0.1, 0.15) is 48.0 Å². The summed E-state index contributed by atoms with van der Waals surface area (Å²) in [4.78, 5) is 2.63. The summed E-state index contributed by atoms with van der Waals surface area (Å²) in [6.45, 7) is 16.3. The molecular weight excluding hydrogens is 196 g/mol.